The molecule has 27 heavy (non-hydrogen) atoms. The van der Waals surface area contributed by atoms with Crippen molar-refractivity contribution in [1.29, 1.82) is 0 Å². The Bertz CT molecular complexity index is 1120. The molecule has 2 aromatic heterocycles. The van der Waals surface area contributed by atoms with E-state index in [4.69, 9.17) is 9.26 Å². The number of amides is 1. The van der Waals surface area contributed by atoms with Crippen LogP contribution in [0.25, 0.3) is 10.2 Å². The number of halogens is 1. The van der Waals surface area contributed by atoms with Gasteiger partial charge in [-0.25, -0.2) is 9.37 Å². The molecule has 1 amide bonds. The number of thiazole rings is 1. The monoisotopic (exact) mass is 384 g/mol. The first-order valence-electron chi connectivity index (χ1n) is 7.97. The SMILES string of the molecule is Cc1nc(COc2ccccc2C(=O)Nc2nc3ccc(F)cc3s2)no1. The van der Waals surface area contributed by atoms with Gasteiger partial charge in [-0.05, 0) is 30.3 Å². The minimum absolute atomic E-state index is 0.0715. The molecule has 0 aliphatic carbocycles. The highest BCUT2D eigenvalue weighted by Crippen LogP contribution is 2.28. The molecule has 0 aliphatic heterocycles. The van der Waals surface area contributed by atoms with Gasteiger partial charge in [0.15, 0.2) is 11.7 Å². The minimum atomic E-state index is -0.380. The van der Waals surface area contributed by atoms with Gasteiger partial charge in [-0.15, -0.1) is 0 Å². The fourth-order valence-corrected chi connectivity index (χ4v) is 3.32. The highest BCUT2D eigenvalue weighted by molar-refractivity contribution is 7.22. The van der Waals surface area contributed by atoms with Gasteiger partial charge in [0.25, 0.3) is 5.91 Å². The summed E-state index contributed by atoms with van der Waals surface area (Å²) in [6, 6.07) is 11.1. The molecule has 0 bridgehead atoms. The van der Waals surface area contributed by atoms with Crippen LogP contribution in [-0.2, 0) is 6.61 Å². The normalized spacial score (nSPS) is 10.9. The van der Waals surface area contributed by atoms with E-state index in [0.29, 0.717) is 38.4 Å². The highest BCUT2D eigenvalue weighted by atomic mass is 32.1. The van der Waals surface area contributed by atoms with Gasteiger partial charge >= 0.3 is 0 Å². The average molecular weight is 384 g/mol. The number of aromatic nitrogens is 3. The third-order valence-corrected chi connectivity index (χ3v) is 4.56. The zero-order chi connectivity index (χ0) is 18.8. The molecule has 136 valence electrons. The second kappa shape index (κ2) is 7.12. The molecular weight excluding hydrogens is 371 g/mol. The van der Waals surface area contributed by atoms with Crippen LogP contribution in [0.4, 0.5) is 9.52 Å². The lowest BCUT2D eigenvalue weighted by Gasteiger charge is -2.09. The Kier molecular flexibility index (Phi) is 4.51. The molecule has 0 atom stereocenters. The summed E-state index contributed by atoms with van der Waals surface area (Å²) >= 11 is 1.20. The van der Waals surface area contributed by atoms with Crippen molar-refractivity contribution in [2.75, 3.05) is 5.32 Å². The molecule has 0 aliphatic rings. The van der Waals surface area contributed by atoms with Crippen molar-refractivity contribution < 1.29 is 18.4 Å². The molecule has 2 aromatic carbocycles. The fraction of sp³-hybridized carbons (Fsp3) is 0.111. The number of carbonyl (C=O) groups is 1. The Labute approximate surface area is 156 Å². The van der Waals surface area contributed by atoms with Crippen LogP contribution < -0.4 is 10.1 Å². The Morgan fingerprint density at radius 1 is 1.26 bits per heavy atom. The molecular formula is C18H13FN4O3S. The number of ether oxygens (including phenoxy) is 1. The number of nitrogens with zero attached hydrogens (tertiary/aromatic N) is 3. The molecule has 4 aromatic rings. The van der Waals surface area contributed by atoms with Gasteiger partial charge in [0.2, 0.25) is 11.7 Å². The summed E-state index contributed by atoms with van der Waals surface area (Å²) in [5.74, 6) is 0.473. The molecule has 2 heterocycles. The van der Waals surface area contributed by atoms with E-state index < -0.39 is 0 Å². The summed E-state index contributed by atoms with van der Waals surface area (Å²) in [5.41, 5.74) is 0.955. The van der Waals surface area contributed by atoms with Crippen LogP contribution in [0.2, 0.25) is 0 Å². The van der Waals surface area contributed by atoms with E-state index in [1.807, 2.05) is 0 Å². The van der Waals surface area contributed by atoms with Gasteiger partial charge in [0.05, 0.1) is 15.8 Å². The maximum absolute atomic E-state index is 13.3. The second-order valence-corrected chi connectivity index (χ2v) is 6.63. The van der Waals surface area contributed by atoms with Gasteiger partial charge in [0.1, 0.15) is 11.6 Å². The van der Waals surface area contributed by atoms with Gasteiger partial charge in [-0.2, -0.15) is 4.98 Å². The number of fused-ring (bicyclic) bond motifs is 1. The van der Waals surface area contributed by atoms with Crippen molar-refractivity contribution in [2.45, 2.75) is 13.5 Å². The maximum atomic E-state index is 13.3. The second-order valence-electron chi connectivity index (χ2n) is 5.60. The Hall–Kier alpha value is -3.33. The van der Waals surface area contributed by atoms with Gasteiger partial charge in [-0.3, -0.25) is 10.1 Å². The number of anilines is 1. The van der Waals surface area contributed by atoms with Crippen molar-refractivity contribution in [1.82, 2.24) is 15.1 Å². The largest absolute Gasteiger partial charge is 0.485 e. The molecule has 0 saturated carbocycles. The molecule has 9 heteroatoms. The summed E-state index contributed by atoms with van der Waals surface area (Å²) in [5, 5.41) is 6.86. The lowest BCUT2D eigenvalue weighted by atomic mass is 10.2. The van der Waals surface area contributed by atoms with Crippen molar-refractivity contribution in [3.63, 3.8) is 0 Å². The predicted octanol–water partition coefficient (Wildman–Crippen LogP) is 3.96. The first-order chi connectivity index (χ1) is 13.1. The van der Waals surface area contributed by atoms with Crippen LogP contribution >= 0.6 is 11.3 Å². The van der Waals surface area contributed by atoms with Crippen LogP contribution in [0.3, 0.4) is 0 Å². The standard InChI is InChI=1S/C18H13FN4O3S/c1-10-20-16(23-26-10)9-25-14-5-3-2-4-12(14)17(24)22-18-21-13-7-6-11(19)8-15(13)27-18/h2-8H,9H2,1H3,(H,21,22,24). The van der Waals surface area contributed by atoms with Crippen LogP contribution in [0.5, 0.6) is 5.75 Å². The third-order valence-electron chi connectivity index (χ3n) is 3.63. The summed E-state index contributed by atoms with van der Waals surface area (Å²) in [6.07, 6.45) is 0. The average Bonchev–Trinajstić information content (AvgIpc) is 3.25. The zero-order valence-electron chi connectivity index (χ0n) is 14.1. The van der Waals surface area contributed by atoms with Crippen LogP contribution in [0.15, 0.2) is 47.0 Å². The van der Waals surface area contributed by atoms with Crippen molar-refractivity contribution >= 4 is 32.6 Å². The first kappa shape index (κ1) is 17.1. The molecule has 4 rings (SSSR count). The summed E-state index contributed by atoms with van der Waals surface area (Å²) < 4.78 is 24.5. The molecule has 0 unspecified atom stereocenters. The van der Waals surface area contributed by atoms with Crippen LogP contribution in [0, 0.1) is 12.7 Å². The zero-order valence-corrected chi connectivity index (χ0v) is 14.9. The summed E-state index contributed by atoms with van der Waals surface area (Å²) in [4.78, 5) is 21.0. The van der Waals surface area contributed by atoms with E-state index in [9.17, 15) is 9.18 Å². The van der Waals surface area contributed by atoms with Crippen LogP contribution in [-0.4, -0.2) is 21.0 Å². The quantitative estimate of drug-likeness (QED) is 0.560. The molecule has 1 N–H and O–H groups in total. The van der Waals surface area contributed by atoms with E-state index in [-0.39, 0.29) is 18.3 Å². The minimum Gasteiger partial charge on any atom is -0.485 e. The number of carbonyl (C=O) groups excluding carboxylic acids is 1. The number of para-hydroxylation sites is 1. The number of nitrogens with one attached hydrogen (secondary N) is 1. The number of benzene rings is 2. The van der Waals surface area contributed by atoms with E-state index >= 15 is 0 Å². The predicted molar refractivity (Wildman–Crippen MR) is 97.3 cm³/mol. The fourth-order valence-electron chi connectivity index (χ4n) is 2.44. The molecule has 0 spiro atoms. The lowest BCUT2D eigenvalue weighted by molar-refractivity contribution is 0.102. The van der Waals surface area contributed by atoms with Crippen molar-refractivity contribution in [2.24, 2.45) is 0 Å². The van der Waals surface area contributed by atoms with E-state index in [1.165, 1.54) is 23.5 Å². The number of aryl methyl sites for hydroxylation is 1. The van der Waals surface area contributed by atoms with Crippen molar-refractivity contribution in [3.05, 3.63) is 65.6 Å². The summed E-state index contributed by atoms with van der Waals surface area (Å²) in [6.45, 7) is 1.75. The Balaban J connectivity index is 1.52. The third kappa shape index (κ3) is 3.77. The van der Waals surface area contributed by atoms with Crippen molar-refractivity contribution in [3.8, 4) is 5.75 Å². The van der Waals surface area contributed by atoms with Gasteiger partial charge in [-0.1, -0.05) is 28.6 Å². The van der Waals surface area contributed by atoms with E-state index in [1.54, 1.807) is 37.3 Å². The first-order valence-corrected chi connectivity index (χ1v) is 8.78. The molecule has 0 radical (unpaired) electrons. The van der Waals surface area contributed by atoms with Crippen LogP contribution in [0.1, 0.15) is 22.1 Å². The molecule has 0 saturated heterocycles. The highest BCUT2D eigenvalue weighted by Gasteiger charge is 2.15. The number of rotatable bonds is 5. The van der Waals surface area contributed by atoms with Gasteiger partial charge in [0, 0.05) is 6.92 Å². The smallest absolute Gasteiger partial charge is 0.261 e. The lowest BCUT2D eigenvalue weighted by Crippen LogP contribution is -2.13. The number of hydrogen-bond donors (Lipinski definition) is 1. The summed E-state index contributed by atoms with van der Waals surface area (Å²) in [7, 11) is 0. The van der Waals surface area contributed by atoms with Gasteiger partial charge < -0.3 is 9.26 Å². The number of hydrogen-bond acceptors (Lipinski definition) is 7. The molecule has 7 nitrogen and oxygen atoms in total. The molecule has 0 fully saturated rings. The van der Waals surface area contributed by atoms with E-state index in [0.717, 1.165) is 0 Å². The maximum Gasteiger partial charge on any atom is 0.261 e. The Morgan fingerprint density at radius 3 is 2.93 bits per heavy atom. The van der Waals surface area contributed by atoms with E-state index in [2.05, 4.69) is 20.4 Å². The topological polar surface area (TPSA) is 90.1 Å². The Morgan fingerprint density at radius 2 is 2.11 bits per heavy atom.